The van der Waals surface area contributed by atoms with Gasteiger partial charge >= 0.3 is 0 Å². The molecule has 0 atom stereocenters. The largest absolute Gasteiger partial charge is 0.353 e. The normalized spacial score (nSPS) is 14.5. The lowest BCUT2D eigenvalue weighted by Gasteiger charge is -2.35. The number of nitrogens with zero attached hydrogens (tertiary/aromatic N) is 4. The topological polar surface area (TPSA) is 41.4 Å². The Balaban J connectivity index is 1.53. The highest BCUT2D eigenvalue weighted by molar-refractivity contribution is 6.31. The minimum Gasteiger partial charge on any atom is -0.353 e. The molecule has 1 fully saturated rings. The molecule has 132 valence electrons. The van der Waals surface area contributed by atoms with Gasteiger partial charge in [0.15, 0.2) is 0 Å². The number of halogens is 1. The number of piperazine rings is 1. The molecule has 26 heavy (non-hydrogen) atoms. The predicted octanol–water partition coefficient (Wildman–Crippen LogP) is 3.49. The van der Waals surface area contributed by atoms with Crippen molar-refractivity contribution in [3.63, 3.8) is 0 Å². The van der Waals surface area contributed by atoms with E-state index in [4.69, 9.17) is 11.6 Å². The Kier molecular flexibility index (Phi) is 4.63. The zero-order valence-electron chi connectivity index (χ0n) is 14.3. The smallest absolute Gasteiger partial charge is 0.256 e. The summed E-state index contributed by atoms with van der Waals surface area (Å²) in [6.07, 6.45) is 5.63. The summed E-state index contributed by atoms with van der Waals surface area (Å²) >= 11 is 6.16. The maximum Gasteiger partial charge on any atom is 0.256 e. The minimum absolute atomic E-state index is 0.0334. The van der Waals surface area contributed by atoms with Crippen LogP contribution in [-0.2, 0) is 0 Å². The van der Waals surface area contributed by atoms with Crippen LogP contribution < -0.4 is 4.90 Å². The summed E-state index contributed by atoms with van der Waals surface area (Å²) in [5.74, 6) is 0.991. The van der Waals surface area contributed by atoms with Crippen LogP contribution in [0.2, 0.25) is 5.02 Å². The quantitative estimate of drug-likeness (QED) is 0.712. The minimum atomic E-state index is 0.0334. The number of carbonyl (C=O) groups is 1. The van der Waals surface area contributed by atoms with Crippen LogP contribution in [0, 0.1) is 0 Å². The van der Waals surface area contributed by atoms with Gasteiger partial charge in [-0.1, -0.05) is 17.7 Å². The molecule has 0 radical (unpaired) electrons. The molecule has 0 aliphatic carbocycles. The molecule has 0 unspecified atom stereocenters. The number of carbonyl (C=O) groups excluding carboxylic acids is 1. The van der Waals surface area contributed by atoms with Gasteiger partial charge in [-0.25, -0.2) is 4.98 Å². The molecule has 1 saturated heterocycles. The van der Waals surface area contributed by atoms with Gasteiger partial charge in [0.2, 0.25) is 0 Å². The number of benzene rings is 1. The molecule has 0 spiro atoms. The van der Waals surface area contributed by atoms with Gasteiger partial charge in [-0.3, -0.25) is 4.79 Å². The fraction of sp³-hybridized carbons (Fsp3) is 0.200. The van der Waals surface area contributed by atoms with Crippen molar-refractivity contribution in [3.8, 4) is 5.69 Å². The Labute approximate surface area is 157 Å². The molecule has 5 nitrogen and oxygen atoms in total. The van der Waals surface area contributed by atoms with Crippen molar-refractivity contribution in [2.45, 2.75) is 0 Å². The second-order valence-electron chi connectivity index (χ2n) is 6.22. The lowest BCUT2D eigenvalue weighted by molar-refractivity contribution is 0.0746. The first-order valence-corrected chi connectivity index (χ1v) is 8.98. The molecule has 2 aromatic heterocycles. The van der Waals surface area contributed by atoms with Crippen LogP contribution in [0.5, 0.6) is 0 Å². The second-order valence-corrected chi connectivity index (χ2v) is 6.66. The zero-order chi connectivity index (χ0) is 17.9. The van der Waals surface area contributed by atoms with E-state index in [1.165, 1.54) is 0 Å². The first-order chi connectivity index (χ1) is 12.7. The first-order valence-electron chi connectivity index (χ1n) is 8.60. The lowest BCUT2D eigenvalue weighted by Crippen LogP contribution is -2.49. The molecule has 4 rings (SSSR count). The van der Waals surface area contributed by atoms with Crippen LogP contribution >= 0.6 is 11.6 Å². The highest BCUT2D eigenvalue weighted by Crippen LogP contribution is 2.23. The van der Waals surface area contributed by atoms with Crippen LogP contribution in [0.25, 0.3) is 5.69 Å². The molecule has 0 saturated carbocycles. The van der Waals surface area contributed by atoms with Crippen molar-refractivity contribution in [1.29, 1.82) is 0 Å². The Morgan fingerprint density at radius 1 is 0.962 bits per heavy atom. The third-order valence-corrected chi connectivity index (χ3v) is 4.85. The molecule has 1 aliphatic heterocycles. The zero-order valence-corrected chi connectivity index (χ0v) is 15.0. The van der Waals surface area contributed by atoms with E-state index in [0.717, 1.165) is 24.6 Å². The Morgan fingerprint density at radius 3 is 2.42 bits per heavy atom. The van der Waals surface area contributed by atoms with Crippen molar-refractivity contribution in [2.75, 3.05) is 31.1 Å². The lowest BCUT2D eigenvalue weighted by atomic mass is 10.1. The number of pyridine rings is 1. The maximum atomic E-state index is 13.1. The van der Waals surface area contributed by atoms with Crippen molar-refractivity contribution >= 4 is 23.3 Å². The Bertz CT molecular complexity index is 887. The molecule has 3 heterocycles. The van der Waals surface area contributed by atoms with E-state index in [0.29, 0.717) is 23.7 Å². The van der Waals surface area contributed by atoms with Crippen LogP contribution in [0.15, 0.2) is 67.1 Å². The van der Waals surface area contributed by atoms with E-state index in [-0.39, 0.29) is 5.91 Å². The van der Waals surface area contributed by atoms with E-state index < -0.39 is 0 Å². The van der Waals surface area contributed by atoms with Crippen molar-refractivity contribution < 1.29 is 4.79 Å². The molecular formula is C20H19ClN4O. The first kappa shape index (κ1) is 16.7. The number of amides is 1. The van der Waals surface area contributed by atoms with E-state index in [1.807, 2.05) is 64.3 Å². The highest BCUT2D eigenvalue weighted by atomic mass is 35.5. The average Bonchev–Trinajstić information content (AvgIpc) is 3.23. The van der Waals surface area contributed by atoms with E-state index in [1.54, 1.807) is 12.3 Å². The maximum absolute atomic E-state index is 13.1. The molecule has 1 aromatic carbocycles. The van der Waals surface area contributed by atoms with Crippen LogP contribution in [0.4, 0.5) is 5.82 Å². The van der Waals surface area contributed by atoms with E-state index >= 15 is 0 Å². The molecule has 0 bridgehead atoms. The third-order valence-electron chi connectivity index (χ3n) is 4.61. The van der Waals surface area contributed by atoms with Gasteiger partial charge in [0, 0.05) is 49.8 Å². The number of rotatable bonds is 3. The van der Waals surface area contributed by atoms with Gasteiger partial charge in [0.05, 0.1) is 11.3 Å². The molecular weight excluding hydrogens is 348 g/mol. The van der Waals surface area contributed by atoms with Crippen LogP contribution in [0.1, 0.15) is 10.4 Å². The van der Waals surface area contributed by atoms with Crippen molar-refractivity contribution in [2.24, 2.45) is 0 Å². The molecule has 1 amide bonds. The Hall–Kier alpha value is -2.79. The summed E-state index contributed by atoms with van der Waals surface area (Å²) in [7, 11) is 0. The fourth-order valence-corrected chi connectivity index (χ4v) is 3.41. The molecule has 0 N–H and O–H groups in total. The monoisotopic (exact) mass is 366 g/mol. The SMILES string of the molecule is O=C(c1ccc(Cl)cc1-n1cccc1)N1CCN(c2ccccn2)CC1. The molecule has 3 aromatic rings. The number of hydrogen-bond acceptors (Lipinski definition) is 3. The third kappa shape index (κ3) is 3.30. The highest BCUT2D eigenvalue weighted by Gasteiger charge is 2.24. The standard InChI is InChI=1S/C20H19ClN4O/c21-16-6-7-17(18(15-16)23-9-3-4-10-23)20(26)25-13-11-24(12-14-25)19-5-1-2-8-22-19/h1-10,15H,11-14H2. The van der Waals surface area contributed by atoms with Gasteiger partial charge in [-0.15, -0.1) is 0 Å². The summed E-state index contributed by atoms with van der Waals surface area (Å²) in [6, 6.07) is 15.2. The van der Waals surface area contributed by atoms with Crippen molar-refractivity contribution in [3.05, 3.63) is 77.7 Å². The number of aromatic nitrogens is 2. The van der Waals surface area contributed by atoms with Crippen molar-refractivity contribution in [1.82, 2.24) is 14.5 Å². The summed E-state index contributed by atoms with van der Waals surface area (Å²) in [5, 5.41) is 0.616. The van der Waals surface area contributed by atoms with Gasteiger partial charge in [0.1, 0.15) is 5.82 Å². The van der Waals surface area contributed by atoms with Gasteiger partial charge < -0.3 is 14.4 Å². The number of hydrogen-bond donors (Lipinski definition) is 0. The van der Waals surface area contributed by atoms with E-state index in [2.05, 4.69) is 9.88 Å². The molecule has 1 aliphatic rings. The summed E-state index contributed by atoms with van der Waals surface area (Å²) in [5.41, 5.74) is 1.47. The van der Waals surface area contributed by atoms with Gasteiger partial charge in [-0.05, 0) is 42.5 Å². The van der Waals surface area contributed by atoms with Crippen LogP contribution in [-0.4, -0.2) is 46.5 Å². The predicted molar refractivity (Wildman–Crippen MR) is 103 cm³/mol. The summed E-state index contributed by atoms with van der Waals surface area (Å²) in [6.45, 7) is 2.89. The second kappa shape index (κ2) is 7.22. The number of anilines is 1. The van der Waals surface area contributed by atoms with E-state index in [9.17, 15) is 4.79 Å². The van der Waals surface area contributed by atoms with Gasteiger partial charge in [-0.2, -0.15) is 0 Å². The summed E-state index contributed by atoms with van der Waals surface area (Å²) < 4.78 is 1.92. The molecule has 6 heteroatoms. The average molecular weight is 367 g/mol. The van der Waals surface area contributed by atoms with Crippen LogP contribution in [0.3, 0.4) is 0 Å². The van der Waals surface area contributed by atoms with Gasteiger partial charge in [0.25, 0.3) is 5.91 Å². The Morgan fingerprint density at radius 2 is 1.73 bits per heavy atom. The fourth-order valence-electron chi connectivity index (χ4n) is 3.24. The summed E-state index contributed by atoms with van der Waals surface area (Å²) in [4.78, 5) is 21.6.